The number of aromatic amines is 1. The number of rotatable bonds is 8. The maximum Gasteiger partial charge on any atom is 0.407 e. The Morgan fingerprint density at radius 3 is 2.90 bits per heavy atom. The van der Waals surface area contributed by atoms with Gasteiger partial charge in [-0.2, -0.15) is 10.2 Å². The summed E-state index contributed by atoms with van der Waals surface area (Å²) < 4.78 is 27.7. The number of nitrogens with zero attached hydrogens (tertiary/aromatic N) is 4. The van der Waals surface area contributed by atoms with E-state index in [1.807, 2.05) is 31.2 Å². The van der Waals surface area contributed by atoms with E-state index in [0.29, 0.717) is 52.8 Å². The highest BCUT2D eigenvalue weighted by atomic mass is 19.1. The third-order valence-corrected chi connectivity index (χ3v) is 7.44. The Labute approximate surface area is 223 Å². The summed E-state index contributed by atoms with van der Waals surface area (Å²) in [6, 6.07) is 11.0. The van der Waals surface area contributed by atoms with Crippen molar-refractivity contribution in [3.05, 3.63) is 54.0 Å². The highest BCUT2D eigenvalue weighted by Gasteiger charge is 2.43. The summed E-state index contributed by atoms with van der Waals surface area (Å²) in [5.74, 6) is 1.13. The van der Waals surface area contributed by atoms with Gasteiger partial charge in [0.05, 0.1) is 31.3 Å². The van der Waals surface area contributed by atoms with E-state index in [9.17, 15) is 9.90 Å². The van der Waals surface area contributed by atoms with Crippen LogP contribution in [0.3, 0.4) is 0 Å². The lowest BCUT2D eigenvalue weighted by Gasteiger charge is -2.19. The maximum absolute atomic E-state index is 15.3. The van der Waals surface area contributed by atoms with Crippen LogP contribution in [0.5, 0.6) is 5.75 Å². The molecule has 11 nitrogen and oxygen atoms in total. The van der Waals surface area contributed by atoms with Gasteiger partial charge in [-0.25, -0.2) is 18.7 Å². The number of ether oxygens (including phenoxy) is 2. The molecule has 4 aromatic rings. The van der Waals surface area contributed by atoms with Crippen LogP contribution in [0.1, 0.15) is 49.9 Å². The number of benzene rings is 1. The standard InChI is InChI=1S/C27H30FN7O4/c1-27(8-9-27)31-26(37)39-22-7-6-18(24(22)28)19-12-23(33-32-19)30-25-21-11-16(14-36)34-35(21)13-20(29-25)15-4-3-5-17(10-15)38-2/h3-5,10-13,18,22,24,36H,6-9,14H2,1-2H3,(H,31,37)(H2,29,30,32,33)/t18-,22-,24+/m0/s1. The molecular weight excluding hydrogens is 505 g/mol. The van der Waals surface area contributed by atoms with E-state index >= 15 is 4.39 Å². The van der Waals surface area contributed by atoms with E-state index in [2.05, 4.69) is 25.9 Å². The summed E-state index contributed by atoms with van der Waals surface area (Å²) in [7, 11) is 1.60. The minimum Gasteiger partial charge on any atom is -0.497 e. The number of aromatic nitrogens is 5. The van der Waals surface area contributed by atoms with E-state index in [1.165, 1.54) is 0 Å². The van der Waals surface area contributed by atoms with Gasteiger partial charge in [0, 0.05) is 28.8 Å². The lowest BCUT2D eigenvalue weighted by Crippen LogP contribution is -2.38. The fraction of sp³-hybridized carbons (Fsp3) is 0.407. The molecule has 3 heterocycles. The van der Waals surface area contributed by atoms with Gasteiger partial charge in [0.2, 0.25) is 0 Å². The van der Waals surface area contributed by atoms with E-state index in [0.717, 1.165) is 18.4 Å². The van der Waals surface area contributed by atoms with Crippen LogP contribution in [0.4, 0.5) is 20.8 Å². The zero-order valence-corrected chi connectivity index (χ0v) is 21.6. The van der Waals surface area contributed by atoms with Gasteiger partial charge in [-0.1, -0.05) is 12.1 Å². The quantitative estimate of drug-likeness (QED) is 0.263. The molecule has 0 aliphatic heterocycles. The average Bonchev–Trinajstić information content (AvgIpc) is 3.28. The van der Waals surface area contributed by atoms with Gasteiger partial charge in [0.15, 0.2) is 11.6 Å². The number of methoxy groups -OCH3 is 1. The second-order valence-corrected chi connectivity index (χ2v) is 10.4. The molecule has 12 heteroatoms. The van der Waals surface area contributed by atoms with Crippen molar-refractivity contribution in [2.75, 3.05) is 12.4 Å². The Balaban J connectivity index is 1.22. The first kappa shape index (κ1) is 25.1. The van der Waals surface area contributed by atoms with Crippen LogP contribution in [0, 0.1) is 0 Å². The number of carbonyl (C=O) groups excluding carboxylic acids is 1. The number of H-pyrrole nitrogens is 1. The first-order chi connectivity index (χ1) is 18.8. The third kappa shape index (κ3) is 5.11. The van der Waals surface area contributed by atoms with Crippen LogP contribution in [-0.4, -0.2) is 60.9 Å². The Morgan fingerprint density at radius 2 is 2.13 bits per heavy atom. The molecule has 2 aliphatic rings. The van der Waals surface area contributed by atoms with Gasteiger partial charge < -0.3 is 25.2 Å². The average molecular weight is 536 g/mol. The molecule has 3 atom stereocenters. The zero-order chi connectivity index (χ0) is 27.1. The fourth-order valence-electron chi connectivity index (χ4n) is 4.94. The normalized spacial score (nSPS) is 21.6. The minimum atomic E-state index is -1.35. The molecule has 2 aliphatic carbocycles. The molecule has 3 aromatic heterocycles. The molecule has 1 aromatic carbocycles. The second kappa shape index (κ2) is 9.84. The summed E-state index contributed by atoms with van der Waals surface area (Å²) >= 11 is 0. The van der Waals surface area contributed by atoms with Crippen LogP contribution in [0.2, 0.25) is 0 Å². The van der Waals surface area contributed by atoms with Crippen molar-refractivity contribution >= 4 is 23.2 Å². The van der Waals surface area contributed by atoms with Crippen LogP contribution in [0.25, 0.3) is 16.8 Å². The number of nitrogens with one attached hydrogen (secondary N) is 3. The monoisotopic (exact) mass is 535 g/mol. The van der Waals surface area contributed by atoms with Crippen molar-refractivity contribution in [3.63, 3.8) is 0 Å². The Bertz CT molecular complexity index is 1520. The van der Waals surface area contributed by atoms with Crippen molar-refractivity contribution in [3.8, 4) is 17.0 Å². The number of halogens is 1. The zero-order valence-electron chi connectivity index (χ0n) is 21.6. The molecule has 0 radical (unpaired) electrons. The van der Waals surface area contributed by atoms with Gasteiger partial charge >= 0.3 is 6.09 Å². The summed E-state index contributed by atoms with van der Waals surface area (Å²) in [4.78, 5) is 17.0. The van der Waals surface area contributed by atoms with Crippen molar-refractivity contribution < 1.29 is 23.8 Å². The Kier molecular flexibility index (Phi) is 6.34. The lowest BCUT2D eigenvalue weighted by atomic mass is 10.0. The molecule has 0 bridgehead atoms. The third-order valence-electron chi connectivity index (χ3n) is 7.44. The lowest BCUT2D eigenvalue weighted by molar-refractivity contribution is 0.0546. The number of amides is 1. The largest absolute Gasteiger partial charge is 0.497 e. The predicted octanol–water partition coefficient (Wildman–Crippen LogP) is 4.23. The van der Waals surface area contributed by atoms with E-state index in [-0.39, 0.29) is 12.1 Å². The molecule has 2 saturated carbocycles. The molecule has 4 N–H and O–H groups in total. The number of hydrogen-bond acceptors (Lipinski definition) is 8. The van der Waals surface area contributed by atoms with Crippen LogP contribution >= 0.6 is 0 Å². The maximum atomic E-state index is 15.3. The number of anilines is 2. The van der Waals surface area contributed by atoms with Gasteiger partial charge in [0.25, 0.3) is 0 Å². The van der Waals surface area contributed by atoms with E-state index < -0.39 is 24.3 Å². The number of carbonyl (C=O) groups is 1. The highest BCUT2D eigenvalue weighted by Crippen LogP contribution is 2.39. The summed E-state index contributed by atoms with van der Waals surface area (Å²) in [5, 5.41) is 27.4. The predicted molar refractivity (Wildman–Crippen MR) is 141 cm³/mol. The Morgan fingerprint density at radius 1 is 1.28 bits per heavy atom. The molecule has 204 valence electrons. The smallest absolute Gasteiger partial charge is 0.407 e. The number of alkyl halides is 1. The Hall–Kier alpha value is -4.19. The highest BCUT2D eigenvalue weighted by molar-refractivity contribution is 5.76. The fourth-order valence-corrected chi connectivity index (χ4v) is 4.94. The van der Waals surface area contributed by atoms with Crippen molar-refractivity contribution in [1.82, 2.24) is 30.1 Å². The molecule has 0 spiro atoms. The first-order valence-electron chi connectivity index (χ1n) is 12.9. The van der Waals surface area contributed by atoms with Crippen LogP contribution in [-0.2, 0) is 11.3 Å². The van der Waals surface area contributed by atoms with Crippen LogP contribution in [0.15, 0.2) is 42.6 Å². The summed E-state index contributed by atoms with van der Waals surface area (Å²) in [6.07, 6.45) is 1.82. The molecule has 6 rings (SSSR count). The number of aliphatic hydroxyl groups is 1. The van der Waals surface area contributed by atoms with Crippen molar-refractivity contribution in [2.24, 2.45) is 0 Å². The molecular formula is C27H30FN7O4. The molecule has 1 amide bonds. The van der Waals surface area contributed by atoms with Gasteiger partial charge in [-0.15, -0.1) is 0 Å². The van der Waals surface area contributed by atoms with Gasteiger partial charge in [-0.05, 0) is 50.8 Å². The van der Waals surface area contributed by atoms with Crippen molar-refractivity contribution in [2.45, 2.75) is 62.9 Å². The molecule has 0 unspecified atom stereocenters. The summed E-state index contributed by atoms with van der Waals surface area (Å²) in [6.45, 7) is 1.73. The SMILES string of the molecule is COc1cccc(-c2cn3nc(CO)cc3c(Nc3cc([C@@H]4CC[C@H](OC(=O)NC5(C)CC5)[C@@H]4F)[nH]n3)n2)c1. The van der Waals surface area contributed by atoms with E-state index in [1.54, 1.807) is 30.0 Å². The van der Waals surface area contributed by atoms with Gasteiger partial charge in [-0.3, -0.25) is 5.10 Å². The number of alkyl carbamates (subject to hydrolysis) is 1. The number of fused-ring (bicyclic) bond motifs is 1. The van der Waals surface area contributed by atoms with Gasteiger partial charge in [0.1, 0.15) is 23.5 Å². The molecule has 39 heavy (non-hydrogen) atoms. The summed E-state index contributed by atoms with van der Waals surface area (Å²) in [5.41, 5.74) is 2.97. The second-order valence-electron chi connectivity index (χ2n) is 10.4. The molecule has 0 saturated heterocycles. The van der Waals surface area contributed by atoms with Crippen LogP contribution < -0.4 is 15.4 Å². The minimum absolute atomic E-state index is 0.220. The van der Waals surface area contributed by atoms with Crippen molar-refractivity contribution in [1.29, 1.82) is 0 Å². The first-order valence-corrected chi connectivity index (χ1v) is 12.9. The number of hydrogen-bond donors (Lipinski definition) is 4. The topological polar surface area (TPSA) is 139 Å². The van der Waals surface area contributed by atoms with E-state index in [4.69, 9.17) is 14.5 Å². The number of aliphatic hydroxyl groups excluding tert-OH is 1. The molecule has 2 fully saturated rings.